The van der Waals surface area contributed by atoms with Gasteiger partial charge in [-0.25, -0.2) is 17.5 Å². The van der Waals surface area contributed by atoms with E-state index >= 15 is 0 Å². The Morgan fingerprint density at radius 1 is 1.48 bits per heavy atom. The SMILES string of the molecule is CC1(C)CCC(NS(=O)(=O)c2ccc(F)c(C(N)=S)c2)C1. The minimum atomic E-state index is -3.70. The number of hydrogen-bond acceptors (Lipinski definition) is 3. The Balaban J connectivity index is 2.24. The maximum atomic E-state index is 13.5. The molecule has 2 rings (SSSR count). The van der Waals surface area contributed by atoms with Gasteiger partial charge in [-0.2, -0.15) is 0 Å². The Morgan fingerprint density at radius 2 is 2.14 bits per heavy atom. The molecule has 0 bridgehead atoms. The van der Waals surface area contributed by atoms with E-state index in [0.29, 0.717) is 0 Å². The second-order valence-corrected chi connectivity index (χ2v) is 8.38. The molecule has 1 saturated carbocycles. The maximum absolute atomic E-state index is 13.5. The van der Waals surface area contributed by atoms with Crippen molar-refractivity contribution in [3.63, 3.8) is 0 Å². The summed E-state index contributed by atoms with van der Waals surface area (Å²) in [5.41, 5.74) is 5.49. The third-order valence-electron chi connectivity index (χ3n) is 3.80. The standard InChI is InChI=1S/C14H19FN2O2S2/c1-14(2)6-5-9(8-14)17-21(18,19)10-3-4-12(15)11(7-10)13(16)20/h3-4,7,9,17H,5-6,8H2,1-2H3,(H2,16,20). The van der Waals surface area contributed by atoms with E-state index in [4.69, 9.17) is 18.0 Å². The van der Waals surface area contributed by atoms with Crippen LogP contribution in [0.1, 0.15) is 38.7 Å². The van der Waals surface area contributed by atoms with Gasteiger partial charge in [0.15, 0.2) is 0 Å². The highest BCUT2D eigenvalue weighted by Gasteiger charge is 2.33. The molecule has 21 heavy (non-hydrogen) atoms. The van der Waals surface area contributed by atoms with Crippen LogP contribution in [0.2, 0.25) is 0 Å². The van der Waals surface area contributed by atoms with Crippen LogP contribution in [-0.2, 0) is 10.0 Å². The van der Waals surface area contributed by atoms with Crippen LogP contribution in [0.15, 0.2) is 23.1 Å². The minimum absolute atomic E-state index is 0.0172. The lowest BCUT2D eigenvalue weighted by atomic mass is 9.92. The first kappa shape index (κ1) is 16.3. The van der Waals surface area contributed by atoms with Crippen molar-refractivity contribution in [1.82, 2.24) is 4.72 Å². The number of benzene rings is 1. The number of sulfonamides is 1. The molecule has 0 saturated heterocycles. The number of halogens is 1. The van der Waals surface area contributed by atoms with Gasteiger partial charge in [-0.15, -0.1) is 0 Å². The number of hydrogen-bond donors (Lipinski definition) is 2. The van der Waals surface area contributed by atoms with Crippen molar-refractivity contribution < 1.29 is 12.8 Å². The summed E-state index contributed by atoms with van der Waals surface area (Å²) in [4.78, 5) is -0.178. The fraction of sp³-hybridized carbons (Fsp3) is 0.500. The zero-order valence-electron chi connectivity index (χ0n) is 12.0. The van der Waals surface area contributed by atoms with Gasteiger partial charge in [0.1, 0.15) is 10.8 Å². The van der Waals surface area contributed by atoms with E-state index < -0.39 is 15.8 Å². The highest BCUT2D eigenvalue weighted by atomic mass is 32.2. The minimum Gasteiger partial charge on any atom is -0.389 e. The number of rotatable bonds is 4. The predicted octanol–water partition coefficient (Wildman–Crippen LogP) is 2.32. The number of nitrogens with two attached hydrogens (primary N) is 1. The van der Waals surface area contributed by atoms with E-state index in [1.165, 1.54) is 12.1 Å². The molecule has 1 aromatic rings. The lowest BCUT2D eigenvalue weighted by Crippen LogP contribution is -2.33. The van der Waals surface area contributed by atoms with Crippen LogP contribution in [-0.4, -0.2) is 19.4 Å². The van der Waals surface area contributed by atoms with Crippen LogP contribution in [0, 0.1) is 11.2 Å². The molecule has 1 aromatic carbocycles. The van der Waals surface area contributed by atoms with Crippen molar-refractivity contribution >= 4 is 27.2 Å². The molecule has 1 unspecified atom stereocenters. The summed E-state index contributed by atoms with van der Waals surface area (Å²) in [5, 5.41) is 0. The van der Waals surface area contributed by atoms with Crippen LogP contribution >= 0.6 is 12.2 Å². The molecule has 7 heteroatoms. The number of nitrogens with one attached hydrogen (secondary N) is 1. The monoisotopic (exact) mass is 330 g/mol. The summed E-state index contributed by atoms with van der Waals surface area (Å²) >= 11 is 4.73. The average molecular weight is 330 g/mol. The zero-order chi connectivity index (χ0) is 15.8. The molecule has 0 aliphatic heterocycles. The first-order valence-corrected chi connectivity index (χ1v) is 8.62. The molecule has 4 nitrogen and oxygen atoms in total. The van der Waals surface area contributed by atoms with Crippen LogP contribution in [0.3, 0.4) is 0 Å². The fourth-order valence-electron chi connectivity index (χ4n) is 2.68. The Morgan fingerprint density at radius 3 is 2.67 bits per heavy atom. The predicted molar refractivity (Wildman–Crippen MR) is 84.0 cm³/mol. The molecule has 0 amide bonds. The van der Waals surface area contributed by atoms with Gasteiger partial charge < -0.3 is 5.73 Å². The Bertz CT molecular complexity index is 672. The van der Waals surface area contributed by atoms with Crippen LogP contribution < -0.4 is 10.5 Å². The highest BCUT2D eigenvalue weighted by Crippen LogP contribution is 2.37. The van der Waals surface area contributed by atoms with Crippen LogP contribution in [0.4, 0.5) is 4.39 Å². The second-order valence-electron chi connectivity index (χ2n) is 6.23. The van der Waals surface area contributed by atoms with Gasteiger partial charge in [-0.3, -0.25) is 0 Å². The first-order chi connectivity index (χ1) is 9.61. The Labute approximate surface area is 130 Å². The summed E-state index contributed by atoms with van der Waals surface area (Å²) in [6.45, 7) is 4.23. The molecule has 0 spiro atoms. The quantitative estimate of drug-likeness (QED) is 0.831. The Hall–Kier alpha value is -1.05. The van der Waals surface area contributed by atoms with E-state index in [0.717, 1.165) is 25.3 Å². The summed E-state index contributed by atoms with van der Waals surface area (Å²) < 4.78 is 40.9. The van der Waals surface area contributed by atoms with E-state index in [9.17, 15) is 12.8 Å². The molecular formula is C14H19FN2O2S2. The van der Waals surface area contributed by atoms with Gasteiger partial charge in [-0.1, -0.05) is 26.1 Å². The van der Waals surface area contributed by atoms with Crippen molar-refractivity contribution in [3.05, 3.63) is 29.6 Å². The molecule has 1 atom stereocenters. The fourth-order valence-corrected chi connectivity index (χ4v) is 4.14. The van der Waals surface area contributed by atoms with Crippen molar-refractivity contribution in [2.45, 2.75) is 44.0 Å². The normalized spacial score (nSPS) is 21.4. The summed E-state index contributed by atoms with van der Waals surface area (Å²) in [6.07, 6.45) is 2.56. The van der Waals surface area contributed by atoms with Crippen molar-refractivity contribution in [1.29, 1.82) is 0 Å². The molecule has 0 aromatic heterocycles. The molecule has 1 aliphatic carbocycles. The van der Waals surface area contributed by atoms with Gasteiger partial charge in [-0.05, 0) is 42.9 Å². The molecule has 0 heterocycles. The van der Waals surface area contributed by atoms with Gasteiger partial charge in [0.05, 0.1) is 4.90 Å². The van der Waals surface area contributed by atoms with Gasteiger partial charge in [0, 0.05) is 11.6 Å². The molecular weight excluding hydrogens is 311 g/mol. The van der Waals surface area contributed by atoms with Crippen LogP contribution in [0.5, 0.6) is 0 Å². The van der Waals surface area contributed by atoms with E-state index in [1.54, 1.807) is 0 Å². The summed E-state index contributed by atoms with van der Waals surface area (Å²) in [5.74, 6) is -0.622. The highest BCUT2D eigenvalue weighted by molar-refractivity contribution is 7.89. The molecule has 3 N–H and O–H groups in total. The molecule has 116 valence electrons. The maximum Gasteiger partial charge on any atom is 0.240 e. The summed E-state index contributed by atoms with van der Waals surface area (Å²) in [7, 11) is -3.70. The molecule has 1 fully saturated rings. The number of thiocarbonyl (C=S) groups is 1. The van der Waals surface area contributed by atoms with Crippen molar-refractivity contribution in [2.75, 3.05) is 0 Å². The van der Waals surface area contributed by atoms with E-state index in [2.05, 4.69) is 18.6 Å². The molecule has 1 aliphatic rings. The van der Waals surface area contributed by atoms with Gasteiger partial charge in [0.25, 0.3) is 0 Å². The lowest BCUT2D eigenvalue weighted by molar-refractivity contribution is 0.372. The summed E-state index contributed by atoms with van der Waals surface area (Å²) in [6, 6.07) is 3.38. The lowest BCUT2D eigenvalue weighted by Gasteiger charge is -2.18. The van der Waals surface area contributed by atoms with E-state index in [-0.39, 0.29) is 26.9 Å². The zero-order valence-corrected chi connectivity index (χ0v) is 13.7. The van der Waals surface area contributed by atoms with Gasteiger partial charge in [0.2, 0.25) is 10.0 Å². The van der Waals surface area contributed by atoms with Crippen molar-refractivity contribution in [3.8, 4) is 0 Å². The van der Waals surface area contributed by atoms with E-state index in [1.807, 2.05) is 0 Å². The third-order valence-corrected chi connectivity index (χ3v) is 5.54. The average Bonchev–Trinajstić information content (AvgIpc) is 2.67. The second kappa shape index (κ2) is 5.62. The third kappa shape index (κ3) is 3.78. The topological polar surface area (TPSA) is 72.2 Å². The van der Waals surface area contributed by atoms with Gasteiger partial charge >= 0.3 is 0 Å². The Kier molecular flexibility index (Phi) is 4.37. The first-order valence-electron chi connectivity index (χ1n) is 6.72. The largest absolute Gasteiger partial charge is 0.389 e. The molecule has 0 radical (unpaired) electrons. The van der Waals surface area contributed by atoms with Crippen LogP contribution in [0.25, 0.3) is 0 Å². The van der Waals surface area contributed by atoms with Crippen molar-refractivity contribution in [2.24, 2.45) is 11.1 Å². The smallest absolute Gasteiger partial charge is 0.240 e.